The molecule has 0 saturated carbocycles. The van der Waals surface area contributed by atoms with E-state index in [-0.39, 0.29) is 0 Å². The number of fused-ring (bicyclic) bond motifs is 2. The van der Waals surface area contributed by atoms with Crippen LogP contribution in [0.15, 0.2) is 97.3 Å². The summed E-state index contributed by atoms with van der Waals surface area (Å²) in [6.07, 6.45) is 4.46. The van der Waals surface area contributed by atoms with Crippen molar-refractivity contribution in [3.63, 3.8) is 0 Å². The van der Waals surface area contributed by atoms with Crippen molar-refractivity contribution in [3.05, 3.63) is 108 Å². The standard InChI is InChI=1S/C26H24N2P/c1-19(23-15-7-11-21-9-3-5-13-25(21)23)27-17-18-28(29-27)20(2)24-16-8-12-22-10-4-6-14-26(22)24/h3-20H,1-2H3/q-1/t19-,20-/m0/s1. The summed E-state index contributed by atoms with van der Waals surface area (Å²) in [4.78, 5) is 0. The van der Waals surface area contributed by atoms with Crippen molar-refractivity contribution in [2.75, 3.05) is 0 Å². The molecule has 2 atom stereocenters. The normalized spacial score (nSPS) is 15.9. The molecule has 144 valence electrons. The van der Waals surface area contributed by atoms with Crippen LogP contribution in [0.2, 0.25) is 0 Å². The molecule has 3 heteroatoms. The molecule has 0 radical (unpaired) electrons. The van der Waals surface area contributed by atoms with Crippen LogP contribution in [0.4, 0.5) is 0 Å². The van der Waals surface area contributed by atoms with Gasteiger partial charge in [-0.05, 0) is 58.9 Å². The van der Waals surface area contributed by atoms with E-state index in [1.54, 1.807) is 0 Å². The summed E-state index contributed by atoms with van der Waals surface area (Å²) in [5, 5.41) is 5.29. The molecule has 1 heterocycles. The molecule has 4 aromatic rings. The van der Waals surface area contributed by atoms with Gasteiger partial charge in [-0.25, -0.2) is 0 Å². The molecule has 1 aliphatic rings. The fourth-order valence-electron chi connectivity index (χ4n) is 4.24. The van der Waals surface area contributed by atoms with Crippen molar-refractivity contribution >= 4 is 30.4 Å². The van der Waals surface area contributed by atoms with Crippen LogP contribution in [0.25, 0.3) is 21.5 Å². The molecule has 0 unspecified atom stereocenters. The summed E-state index contributed by atoms with van der Waals surface area (Å²) in [5.74, 6) is 0. The second-order valence-electron chi connectivity index (χ2n) is 7.64. The van der Waals surface area contributed by atoms with Crippen molar-refractivity contribution in [1.29, 1.82) is 0 Å². The van der Waals surface area contributed by atoms with Crippen molar-refractivity contribution in [1.82, 2.24) is 9.34 Å². The molecule has 0 fully saturated rings. The lowest BCUT2D eigenvalue weighted by Gasteiger charge is -2.44. The van der Waals surface area contributed by atoms with Gasteiger partial charge in [0.25, 0.3) is 0 Å². The van der Waals surface area contributed by atoms with E-state index < -0.39 is 0 Å². The molecule has 0 aliphatic carbocycles. The van der Waals surface area contributed by atoms with Crippen LogP contribution in [-0.2, 0) is 0 Å². The lowest BCUT2D eigenvalue weighted by molar-refractivity contribution is 0.462. The molecule has 0 spiro atoms. The van der Waals surface area contributed by atoms with Gasteiger partial charge in [0.2, 0.25) is 0 Å². The largest absolute Gasteiger partial charge is 0.506 e. The first kappa shape index (κ1) is 18.2. The fraction of sp³-hybridized carbons (Fsp3) is 0.154. The Kier molecular flexibility index (Phi) is 4.73. The molecule has 0 bridgehead atoms. The van der Waals surface area contributed by atoms with Crippen molar-refractivity contribution in [2.45, 2.75) is 25.9 Å². The highest BCUT2D eigenvalue weighted by Gasteiger charge is 2.16. The van der Waals surface area contributed by atoms with E-state index in [0.717, 1.165) is 0 Å². The quantitative estimate of drug-likeness (QED) is 0.327. The summed E-state index contributed by atoms with van der Waals surface area (Å²) in [5.41, 5.74) is 2.75. The van der Waals surface area contributed by atoms with Crippen LogP contribution >= 0.6 is 8.88 Å². The zero-order valence-corrected chi connectivity index (χ0v) is 17.6. The van der Waals surface area contributed by atoms with Crippen molar-refractivity contribution in [3.8, 4) is 0 Å². The first-order valence-corrected chi connectivity index (χ1v) is 10.9. The van der Waals surface area contributed by atoms with Gasteiger partial charge in [-0.15, -0.1) is 0 Å². The Bertz CT molecular complexity index is 1100. The zero-order chi connectivity index (χ0) is 19.8. The third kappa shape index (κ3) is 3.28. The smallest absolute Gasteiger partial charge is 0.0252 e. The van der Waals surface area contributed by atoms with Gasteiger partial charge in [0.05, 0.1) is 0 Å². The lowest BCUT2D eigenvalue weighted by Crippen LogP contribution is -2.15. The molecule has 1 aliphatic heterocycles. The molecule has 5 rings (SSSR count). The van der Waals surface area contributed by atoms with Gasteiger partial charge >= 0.3 is 0 Å². The van der Waals surface area contributed by atoms with Crippen LogP contribution < -0.4 is 0 Å². The Labute approximate surface area is 174 Å². The molecular weight excluding hydrogens is 371 g/mol. The maximum atomic E-state index is 2.41. The Morgan fingerprint density at radius 3 is 1.45 bits per heavy atom. The second kappa shape index (κ2) is 7.54. The maximum Gasteiger partial charge on any atom is 0.0252 e. The van der Waals surface area contributed by atoms with Gasteiger partial charge in [0.15, 0.2) is 0 Å². The van der Waals surface area contributed by atoms with Crippen LogP contribution in [0.5, 0.6) is 0 Å². The third-order valence-electron chi connectivity index (χ3n) is 5.92. The Balaban J connectivity index is 1.40. The number of hydrogen-bond acceptors (Lipinski definition) is 2. The molecule has 4 aromatic carbocycles. The Morgan fingerprint density at radius 1 is 0.552 bits per heavy atom. The van der Waals surface area contributed by atoms with E-state index in [0.29, 0.717) is 12.1 Å². The van der Waals surface area contributed by atoms with E-state index >= 15 is 0 Å². The Hall–Kier alpha value is -2.83. The minimum Gasteiger partial charge on any atom is -0.506 e. The van der Waals surface area contributed by atoms with Crippen LogP contribution in [0.1, 0.15) is 37.1 Å². The highest BCUT2D eigenvalue weighted by atomic mass is 31.1. The highest BCUT2D eigenvalue weighted by molar-refractivity contribution is 7.33. The minimum absolute atomic E-state index is 0.309. The summed E-state index contributed by atoms with van der Waals surface area (Å²) in [6, 6.07) is 31.2. The molecule has 0 amide bonds. The summed E-state index contributed by atoms with van der Waals surface area (Å²) >= 11 is 0. The predicted octanol–water partition coefficient (Wildman–Crippen LogP) is 7.68. The van der Waals surface area contributed by atoms with Crippen LogP contribution in [0.3, 0.4) is 0 Å². The Morgan fingerprint density at radius 2 is 0.966 bits per heavy atom. The van der Waals surface area contributed by atoms with E-state index in [2.05, 4.69) is 121 Å². The SMILES string of the molecule is C[C@@H](c1cccc2ccccc12)N1C=CN([C@@H](C)c2cccc3ccccc23)[P-]1. The lowest BCUT2D eigenvalue weighted by atomic mass is 10.00. The number of benzene rings is 4. The molecule has 29 heavy (non-hydrogen) atoms. The summed E-state index contributed by atoms with van der Waals surface area (Å²) in [6.45, 7) is 4.59. The van der Waals surface area contributed by atoms with Crippen LogP contribution in [-0.4, -0.2) is 9.34 Å². The first-order chi connectivity index (χ1) is 14.2. The van der Waals surface area contributed by atoms with E-state index in [4.69, 9.17) is 0 Å². The van der Waals surface area contributed by atoms with Gasteiger partial charge in [0.1, 0.15) is 0 Å². The third-order valence-corrected chi connectivity index (χ3v) is 7.29. The number of nitrogens with zero attached hydrogens (tertiary/aromatic N) is 2. The number of rotatable bonds is 4. The monoisotopic (exact) mass is 395 g/mol. The average Bonchev–Trinajstić information content (AvgIpc) is 3.28. The van der Waals surface area contributed by atoms with Gasteiger partial charge < -0.3 is 18.2 Å². The molecule has 2 nitrogen and oxygen atoms in total. The first-order valence-electron chi connectivity index (χ1n) is 10.1. The van der Waals surface area contributed by atoms with Gasteiger partial charge in [-0.1, -0.05) is 84.9 Å². The van der Waals surface area contributed by atoms with E-state index in [1.165, 1.54) is 41.6 Å². The van der Waals surface area contributed by atoms with Gasteiger partial charge in [-0.3, -0.25) is 0 Å². The molecular formula is C26H24N2P-. The van der Waals surface area contributed by atoms with Gasteiger partial charge in [-0.2, -0.15) is 0 Å². The summed E-state index contributed by atoms with van der Waals surface area (Å²) in [7, 11) is 1.19. The van der Waals surface area contributed by atoms with Crippen molar-refractivity contribution in [2.24, 2.45) is 0 Å². The molecule has 0 N–H and O–H groups in total. The summed E-state index contributed by atoms with van der Waals surface area (Å²) < 4.78 is 4.81. The topological polar surface area (TPSA) is 6.48 Å². The van der Waals surface area contributed by atoms with Crippen LogP contribution in [0, 0.1) is 0 Å². The maximum absolute atomic E-state index is 2.41. The van der Waals surface area contributed by atoms with E-state index in [1.807, 2.05) is 0 Å². The minimum atomic E-state index is 0.309. The number of hydrogen-bond donors (Lipinski definition) is 0. The van der Waals surface area contributed by atoms with E-state index in [9.17, 15) is 0 Å². The highest BCUT2D eigenvalue weighted by Crippen LogP contribution is 2.45. The predicted molar refractivity (Wildman–Crippen MR) is 124 cm³/mol. The second-order valence-corrected chi connectivity index (χ2v) is 8.74. The molecule has 0 saturated heterocycles. The van der Waals surface area contributed by atoms with Gasteiger partial charge in [0, 0.05) is 12.1 Å². The molecule has 0 aromatic heterocycles. The van der Waals surface area contributed by atoms with Crippen molar-refractivity contribution < 1.29 is 0 Å². The average molecular weight is 395 g/mol. The fourth-order valence-corrected chi connectivity index (χ4v) is 5.28. The zero-order valence-electron chi connectivity index (χ0n) is 16.7.